The van der Waals surface area contributed by atoms with Gasteiger partial charge in [-0.25, -0.2) is 0 Å². The van der Waals surface area contributed by atoms with Crippen LogP contribution < -0.4 is 11.5 Å². The van der Waals surface area contributed by atoms with Crippen LogP contribution in [0.25, 0.3) is 0 Å². The quantitative estimate of drug-likeness (QED) is 0.483. The summed E-state index contributed by atoms with van der Waals surface area (Å²) >= 11 is 0. The monoisotopic (exact) mass is 300 g/mol. The normalized spacial score (nSPS) is 15.6. The number of amides is 1. The summed E-state index contributed by atoms with van der Waals surface area (Å²) in [6, 6.07) is 4.39. The van der Waals surface area contributed by atoms with Crippen molar-refractivity contribution in [2.45, 2.75) is 18.9 Å². The first-order valence-electron chi connectivity index (χ1n) is 6.08. The van der Waals surface area contributed by atoms with E-state index in [0.29, 0.717) is 13.1 Å². The van der Waals surface area contributed by atoms with Crippen molar-refractivity contribution in [2.75, 3.05) is 18.8 Å². The predicted molar refractivity (Wildman–Crippen MR) is 77.9 cm³/mol. The van der Waals surface area contributed by atoms with Gasteiger partial charge in [0, 0.05) is 25.2 Å². The first-order valence-corrected chi connectivity index (χ1v) is 6.08. The molecule has 0 radical (unpaired) electrons. The Labute approximate surface area is 122 Å². The number of nitrogens with zero attached hydrogens (tertiary/aromatic N) is 2. The third kappa shape index (κ3) is 3.17. The van der Waals surface area contributed by atoms with Crippen LogP contribution in [-0.2, 0) is 0 Å². The number of carbonyl (C=O) groups excluding carboxylic acids is 1. The number of carbonyl (C=O) groups is 1. The number of nitro groups is 1. The average molecular weight is 301 g/mol. The zero-order valence-corrected chi connectivity index (χ0v) is 11.6. The molecule has 7 nitrogen and oxygen atoms in total. The predicted octanol–water partition coefficient (Wildman–Crippen LogP) is 1.16. The van der Waals surface area contributed by atoms with E-state index in [-0.39, 0.29) is 41.3 Å². The number of anilines is 1. The molecule has 0 aliphatic carbocycles. The fraction of sp³-hybridized carbons (Fsp3) is 0.417. The minimum absolute atomic E-state index is 0. The largest absolute Gasteiger partial charge is 0.393 e. The van der Waals surface area contributed by atoms with Crippen molar-refractivity contribution in [3.8, 4) is 0 Å². The zero-order valence-electron chi connectivity index (χ0n) is 10.8. The van der Waals surface area contributed by atoms with Crippen LogP contribution in [0, 0.1) is 10.1 Å². The van der Waals surface area contributed by atoms with E-state index in [4.69, 9.17) is 11.5 Å². The van der Waals surface area contributed by atoms with Gasteiger partial charge in [0.25, 0.3) is 11.6 Å². The van der Waals surface area contributed by atoms with E-state index in [0.717, 1.165) is 12.8 Å². The molecule has 1 aliphatic rings. The van der Waals surface area contributed by atoms with E-state index in [1.54, 1.807) is 4.90 Å². The third-order valence-electron chi connectivity index (χ3n) is 3.34. The maximum absolute atomic E-state index is 12.3. The second-order valence-corrected chi connectivity index (χ2v) is 4.63. The number of benzene rings is 1. The van der Waals surface area contributed by atoms with Gasteiger partial charge in [0.1, 0.15) is 5.69 Å². The third-order valence-corrected chi connectivity index (χ3v) is 3.34. The lowest BCUT2D eigenvalue weighted by Gasteiger charge is -2.30. The molecule has 1 saturated heterocycles. The number of likely N-dealkylation sites (tertiary alicyclic amines) is 1. The van der Waals surface area contributed by atoms with Crippen LogP contribution in [0.1, 0.15) is 23.2 Å². The summed E-state index contributed by atoms with van der Waals surface area (Å²) < 4.78 is 0. The molecule has 1 aliphatic heterocycles. The van der Waals surface area contributed by atoms with Crippen molar-refractivity contribution in [1.29, 1.82) is 0 Å². The molecule has 8 heteroatoms. The minimum atomic E-state index is -0.585. The fourth-order valence-corrected chi connectivity index (χ4v) is 2.17. The van der Waals surface area contributed by atoms with Crippen molar-refractivity contribution >= 4 is 29.7 Å². The fourth-order valence-electron chi connectivity index (χ4n) is 2.17. The van der Waals surface area contributed by atoms with Gasteiger partial charge in [-0.15, -0.1) is 12.4 Å². The van der Waals surface area contributed by atoms with Gasteiger partial charge in [-0.1, -0.05) is 6.07 Å². The molecule has 1 heterocycles. The van der Waals surface area contributed by atoms with Crippen LogP contribution in [-0.4, -0.2) is 34.9 Å². The molecule has 20 heavy (non-hydrogen) atoms. The van der Waals surface area contributed by atoms with E-state index in [1.807, 2.05) is 0 Å². The Balaban J connectivity index is 0.00000200. The first kappa shape index (κ1) is 16.2. The van der Waals surface area contributed by atoms with Crippen LogP contribution in [0.4, 0.5) is 11.4 Å². The highest BCUT2D eigenvalue weighted by atomic mass is 35.5. The number of hydrogen-bond acceptors (Lipinski definition) is 5. The SMILES string of the molecule is Cl.Nc1c(C(=O)N2CCC(N)CC2)cccc1[N+](=O)[O-]. The zero-order chi connectivity index (χ0) is 14.0. The first-order chi connectivity index (χ1) is 9.00. The minimum Gasteiger partial charge on any atom is -0.393 e. The van der Waals surface area contributed by atoms with Gasteiger partial charge in [-0.3, -0.25) is 14.9 Å². The number of hydrogen-bond donors (Lipinski definition) is 2. The molecular weight excluding hydrogens is 284 g/mol. The molecule has 110 valence electrons. The van der Waals surface area contributed by atoms with Gasteiger partial charge < -0.3 is 16.4 Å². The number of rotatable bonds is 2. The lowest BCUT2D eigenvalue weighted by molar-refractivity contribution is -0.383. The van der Waals surface area contributed by atoms with Gasteiger partial charge in [0.2, 0.25) is 0 Å². The standard InChI is InChI=1S/C12H16N4O3.ClH/c13-8-4-6-15(7-5-8)12(17)9-2-1-3-10(11(9)14)16(18)19;/h1-3,8H,4-7,13-14H2;1H. The average Bonchev–Trinajstić information content (AvgIpc) is 2.38. The number of halogens is 1. The molecule has 1 amide bonds. The van der Waals surface area contributed by atoms with Crippen LogP contribution in [0.3, 0.4) is 0 Å². The molecule has 0 aromatic heterocycles. The Morgan fingerprint density at radius 1 is 1.35 bits per heavy atom. The number of nitro benzene ring substituents is 1. The molecule has 0 unspecified atom stereocenters. The summed E-state index contributed by atoms with van der Waals surface area (Å²) in [6.45, 7) is 1.12. The molecule has 1 aromatic carbocycles. The summed E-state index contributed by atoms with van der Waals surface area (Å²) in [5, 5.41) is 10.8. The molecule has 0 bridgehead atoms. The Bertz CT molecular complexity index is 515. The number of nitrogens with two attached hydrogens (primary N) is 2. The molecule has 1 aromatic rings. The lowest BCUT2D eigenvalue weighted by Crippen LogP contribution is -2.43. The maximum atomic E-state index is 12.3. The number of para-hydroxylation sites is 1. The smallest absolute Gasteiger partial charge is 0.292 e. The summed E-state index contributed by atoms with van der Waals surface area (Å²) in [7, 11) is 0. The van der Waals surface area contributed by atoms with E-state index in [2.05, 4.69) is 0 Å². The summed E-state index contributed by atoms with van der Waals surface area (Å²) in [4.78, 5) is 24.1. The Kier molecular flexibility index (Phi) is 5.29. The number of piperidine rings is 1. The van der Waals surface area contributed by atoms with Crippen molar-refractivity contribution in [2.24, 2.45) is 5.73 Å². The Morgan fingerprint density at radius 3 is 2.50 bits per heavy atom. The molecular formula is C12H17ClN4O3. The van der Waals surface area contributed by atoms with Gasteiger partial charge >= 0.3 is 0 Å². The summed E-state index contributed by atoms with van der Waals surface area (Å²) in [5.41, 5.74) is 11.4. The molecule has 0 spiro atoms. The summed E-state index contributed by atoms with van der Waals surface area (Å²) in [6.07, 6.45) is 1.47. The van der Waals surface area contributed by atoms with Gasteiger partial charge in [0.15, 0.2) is 0 Å². The van der Waals surface area contributed by atoms with Gasteiger partial charge in [-0.2, -0.15) is 0 Å². The molecule has 0 saturated carbocycles. The highest BCUT2D eigenvalue weighted by Gasteiger charge is 2.25. The Hall–Kier alpha value is -1.86. The highest BCUT2D eigenvalue weighted by molar-refractivity contribution is 6.01. The highest BCUT2D eigenvalue weighted by Crippen LogP contribution is 2.26. The Morgan fingerprint density at radius 2 is 1.95 bits per heavy atom. The van der Waals surface area contributed by atoms with Crippen molar-refractivity contribution in [1.82, 2.24) is 4.90 Å². The van der Waals surface area contributed by atoms with E-state index in [1.165, 1.54) is 18.2 Å². The van der Waals surface area contributed by atoms with Crippen molar-refractivity contribution in [3.63, 3.8) is 0 Å². The lowest BCUT2D eigenvalue weighted by atomic mass is 10.0. The van der Waals surface area contributed by atoms with E-state index < -0.39 is 4.92 Å². The van der Waals surface area contributed by atoms with Gasteiger partial charge in [-0.05, 0) is 18.9 Å². The molecule has 0 atom stereocenters. The number of nitrogen functional groups attached to an aromatic ring is 1. The van der Waals surface area contributed by atoms with Crippen molar-refractivity contribution in [3.05, 3.63) is 33.9 Å². The van der Waals surface area contributed by atoms with Crippen LogP contribution in [0.5, 0.6) is 0 Å². The second kappa shape index (κ2) is 6.53. The maximum Gasteiger partial charge on any atom is 0.292 e. The van der Waals surface area contributed by atoms with Crippen LogP contribution >= 0.6 is 12.4 Å². The van der Waals surface area contributed by atoms with E-state index >= 15 is 0 Å². The summed E-state index contributed by atoms with van der Waals surface area (Å²) in [5.74, 6) is -0.270. The second-order valence-electron chi connectivity index (χ2n) is 4.63. The molecule has 4 N–H and O–H groups in total. The van der Waals surface area contributed by atoms with Crippen LogP contribution in [0.2, 0.25) is 0 Å². The molecule has 1 fully saturated rings. The van der Waals surface area contributed by atoms with Gasteiger partial charge in [0.05, 0.1) is 10.5 Å². The molecule has 2 rings (SSSR count). The van der Waals surface area contributed by atoms with Crippen molar-refractivity contribution < 1.29 is 9.72 Å². The van der Waals surface area contributed by atoms with Crippen LogP contribution in [0.15, 0.2) is 18.2 Å². The van der Waals surface area contributed by atoms with E-state index in [9.17, 15) is 14.9 Å². The topological polar surface area (TPSA) is 115 Å².